The first-order valence-corrected chi connectivity index (χ1v) is 5.94. The molecule has 84 valence electrons. The number of aromatic nitrogens is 1. The molecule has 1 unspecified atom stereocenters. The summed E-state index contributed by atoms with van der Waals surface area (Å²) >= 11 is 1.57. The van der Waals surface area contributed by atoms with Crippen molar-refractivity contribution in [2.75, 3.05) is 0 Å². The Bertz CT molecular complexity index is 543. The average molecular weight is 234 g/mol. The van der Waals surface area contributed by atoms with E-state index in [9.17, 15) is 4.79 Å². The number of thiophene rings is 1. The Morgan fingerprint density at radius 1 is 1.38 bits per heavy atom. The van der Waals surface area contributed by atoms with Gasteiger partial charge in [-0.25, -0.2) is 0 Å². The lowest BCUT2D eigenvalue weighted by atomic mass is 10.1. The number of hydrogen-bond acceptors (Lipinski definition) is 3. The first-order valence-electron chi connectivity index (χ1n) is 5.07. The van der Waals surface area contributed by atoms with Gasteiger partial charge in [0.25, 0.3) is 5.56 Å². The van der Waals surface area contributed by atoms with Gasteiger partial charge in [-0.2, -0.15) is 0 Å². The molecular weight excluding hydrogens is 220 g/mol. The molecule has 2 rings (SSSR count). The number of aryl methyl sites for hydroxylation is 1. The quantitative estimate of drug-likeness (QED) is 0.861. The summed E-state index contributed by atoms with van der Waals surface area (Å²) < 4.78 is 1.63. The topological polar surface area (TPSA) is 48.0 Å². The van der Waals surface area contributed by atoms with Crippen molar-refractivity contribution < 1.29 is 0 Å². The molecule has 0 aromatic carbocycles. The van der Waals surface area contributed by atoms with E-state index < -0.39 is 0 Å². The molecule has 0 saturated heterocycles. The molecule has 2 aromatic heterocycles. The van der Waals surface area contributed by atoms with Crippen LogP contribution in [-0.2, 0) is 7.05 Å². The summed E-state index contributed by atoms with van der Waals surface area (Å²) in [5.74, 6) is 0. The fraction of sp³-hybridized carbons (Fsp3) is 0.250. The van der Waals surface area contributed by atoms with Gasteiger partial charge in [0, 0.05) is 23.2 Å². The molecule has 0 saturated carbocycles. The van der Waals surface area contributed by atoms with Crippen molar-refractivity contribution in [2.45, 2.75) is 13.0 Å². The minimum Gasteiger partial charge on any atom is -0.319 e. The van der Waals surface area contributed by atoms with Gasteiger partial charge in [0.15, 0.2) is 0 Å². The third-order valence-electron chi connectivity index (χ3n) is 2.77. The maximum Gasteiger partial charge on any atom is 0.255 e. The van der Waals surface area contributed by atoms with Crippen LogP contribution in [0, 0.1) is 6.92 Å². The lowest BCUT2D eigenvalue weighted by Crippen LogP contribution is -2.27. The first-order chi connectivity index (χ1) is 7.61. The van der Waals surface area contributed by atoms with Gasteiger partial charge in [-0.3, -0.25) is 4.79 Å². The van der Waals surface area contributed by atoms with Crippen LogP contribution in [-0.4, -0.2) is 4.57 Å². The maximum atomic E-state index is 12.0. The zero-order valence-corrected chi connectivity index (χ0v) is 10.1. The molecule has 2 heterocycles. The van der Waals surface area contributed by atoms with E-state index in [1.54, 1.807) is 23.0 Å². The zero-order chi connectivity index (χ0) is 11.7. The van der Waals surface area contributed by atoms with E-state index in [0.29, 0.717) is 5.56 Å². The molecule has 3 nitrogen and oxygen atoms in total. The summed E-state index contributed by atoms with van der Waals surface area (Å²) in [5.41, 5.74) is 7.65. The van der Waals surface area contributed by atoms with Crippen LogP contribution in [0.1, 0.15) is 22.2 Å². The van der Waals surface area contributed by atoms with Gasteiger partial charge in [-0.15, -0.1) is 11.3 Å². The fourth-order valence-corrected chi connectivity index (χ4v) is 2.35. The van der Waals surface area contributed by atoms with Crippen LogP contribution in [0.15, 0.2) is 34.4 Å². The number of nitrogens with zero attached hydrogens (tertiary/aromatic N) is 1. The molecule has 0 bridgehead atoms. The SMILES string of the molecule is Cc1ccc(C(N)c2cccs2)c(=O)n1C. The average Bonchev–Trinajstić information content (AvgIpc) is 2.79. The molecule has 2 aromatic rings. The van der Waals surface area contributed by atoms with Gasteiger partial charge in [-0.05, 0) is 30.5 Å². The highest BCUT2D eigenvalue weighted by Gasteiger charge is 2.14. The molecule has 0 amide bonds. The smallest absolute Gasteiger partial charge is 0.255 e. The molecular formula is C12H14N2OS. The number of nitrogens with two attached hydrogens (primary N) is 1. The van der Waals surface area contributed by atoms with Gasteiger partial charge in [0.2, 0.25) is 0 Å². The summed E-state index contributed by atoms with van der Waals surface area (Å²) in [7, 11) is 1.77. The van der Waals surface area contributed by atoms with Crippen LogP contribution in [0.5, 0.6) is 0 Å². The first kappa shape index (κ1) is 11.1. The molecule has 16 heavy (non-hydrogen) atoms. The van der Waals surface area contributed by atoms with Gasteiger partial charge < -0.3 is 10.3 Å². The van der Waals surface area contributed by atoms with E-state index >= 15 is 0 Å². The second-order valence-electron chi connectivity index (χ2n) is 3.79. The minimum atomic E-state index is -0.320. The highest BCUT2D eigenvalue weighted by atomic mass is 32.1. The van der Waals surface area contributed by atoms with E-state index in [-0.39, 0.29) is 11.6 Å². The summed E-state index contributed by atoms with van der Waals surface area (Å²) in [4.78, 5) is 13.0. The summed E-state index contributed by atoms with van der Waals surface area (Å²) in [6, 6.07) is 7.32. The van der Waals surface area contributed by atoms with Gasteiger partial charge >= 0.3 is 0 Å². The Morgan fingerprint density at radius 2 is 2.12 bits per heavy atom. The van der Waals surface area contributed by atoms with Crippen molar-refractivity contribution in [2.24, 2.45) is 12.8 Å². The van der Waals surface area contributed by atoms with E-state index in [1.807, 2.05) is 36.6 Å². The second kappa shape index (κ2) is 4.23. The zero-order valence-electron chi connectivity index (χ0n) is 9.31. The monoisotopic (exact) mass is 234 g/mol. The normalized spacial score (nSPS) is 12.7. The van der Waals surface area contributed by atoms with E-state index in [1.165, 1.54) is 0 Å². The third-order valence-corrected chi connectivity index (χ3v) is 3.72. The summed E-state index contributed by atoms with van der Waals surface area (Å²) in [6.07, 6.45) is 0. The maximum absolute atomic E-state index is 12.0. The van der Waals surface area contributed by atoms with Crippen molar-refractivity contribution in [1.29, 1.82) is 0 Å². The molecule has 0 spiro atoms. The largest absolute Gasteiger partial charge is 0.319 e. The Labute approximate surface area is 98.2 Å². The van der Waals surface area contributed by atoms with E-state index in [4.69, 9.17) is 5.73 Å². The Hall–Kier alpha value is -1.39. The summed E-state index contributed by atoms with van der Waals surface area (Å²) in [6.45, 7) is 1.90. The van der Waals surface area contributed by atoms with Gasteiger partial charge in [0.1, 0.15) is 0 Å². The second-order valence-corrected chi connectivity index (χ2v) is 4.77. The van der Waals surface area contributed by atoms with Gasteiger partial charge in [0.05, 0.1) is 6.04 Å². The van der Waals surface area contributed by atoms with Crippen molar-refractivity contribution in [3.05, 3.63) is 56.1 Å². The highest BCUT2D eigenvalue weighted by Crippen LogP contribution is 2.21. The van der Waals surface area contributed by atoms with Crippen molar-refractivity contribution in [3.8, 4) is 0 Å². The van der Waals surface area contributed by atoms with E-state index in [2.05, 4.69) is 0 Å². The van der Waals surface area contributed by atoms with E-state index in [0.717, 1.165) is 10.6 Å². The van der Waals surface area contributed by atoms with Gasteiger partial charge in [-0.1, -0.05) is 6.07 Å². The Morgan fingerprint density at radius 3 is 2.75 bits per heavy atom. The molecule has 0 aliphatic heterocycles. The van der Waals surface area contributed by atoms with Crippen LogP contribution in [0.4, 0.5) is 0 Å². The third kappa shape index (κ3) is 1.81. The van der Waals surface area contributed by atoms with Crippen LogP contribution in [0.2, 0.25) is 0 Å². The standard InChI is InChI=1S/C12H14N2OS/c1-8-5-6-9(12(15)14(8)2)11(13)10-4-3-7-16-10/h3-7,11H,13H2,1-2H3. The Balaban J connectivity index is 2.50. The van der Waals surface area contributed by atoms with Crippen LogP contribution < -0.4 is 11.3 Å². The van der Waals surface area contributed by atoms with Crippen molar-refractivity contribution in [1.82, 2.24) is 4.57 Å². The highest BCUT2D eigenvalue weighted by molar-refractivity contribution is 7.10. The molecule has 0 radical (unpaired) electrons. The molecule has 0 aliphatic carbocycles. The predicted molar refractivity (Wildman–Crippen MR) is 66.8 cm³/mol. The number of hydrogen-bond donors (Lipinski definition) is 1. The fourth-order valence-electron chi connectivity index (χ4n) is 1.61. The lowest BCUT2D eigenvalue weighted by molar-refractivity contribution is 0.768. The van der Waals surface area contributed by atoms with Crippen molar-refractivity contribution >= 4 is 11.3 Å². The van der Waals surface area contributed by atoms with Crippen LogP contribution in [0.3, 0.4) is 0 Å². The number of rotatable bonds is 2. The predicted octanol–water partition coefficient (Wildman–Crippen LogP) is 1.80. The van der Waals surface area contributed by atoms with Crippen molar-refractivity contribution in [3.63, 3.8) is 0 Å². The molecule has 4 heteroatoms. The Kier molecular flexibility index (Phi) is 2.94. The molecule has 2 N–H and O–H groups in total. The van der Waals surface area contributed by atoms with Crippen LogP contribution >= 0.6 is 11.3 Å². The minimum absolute atomic E-state index is 0.0131. The molecule has 1 atom stereocenters. The van der Waals surface area contributed by atoms with Crippen LogP contribution in [0.25, 0.3) is 0 Å². The molecule has 0 fully saturated rings. The molecule has 0 aliphatic rings. The lowest BCUT2D eigenvalue weighted by Gasteiger charge is -2.12. The summed E-state index contributed by atoms with van der Waals surface area (Å²) in [5, 5.41) is 1.97. The number of pyridine rings is 1.